The summed E-state index contributed by atoms with van der Waals surface area (Å²) in [4.78, 5) is 12.6. The minimum Gasteiger partial charge on any atom is -0.508 e. The minimum absolute atomic E-state index is 0.0826. The fourth-order valence-electron chi connectivity index (χ4n) is 3.13. The Hall–Kier alpha value is -2.91. The van der Waals surface area contributed by atoms with Gasteiger partial charge in [-0.2, -0.15) is 9.41 Å². The number of carbonyl (C=O) groups excluding carboxylic acids is 1. The number of hydrogen-bond acceptors (Lipinski definition) is 6. The van der Waals surface area contributed by atoms with Gasteiger partial charge in [0.15, 0.2) is 0 Å². The van der Waals surface area contributed by atoms with Crippen molar-refractivity contribution in [1.82, 2.24) is 9.73 Å². The Bertz CT molecular complexity index is 1020. The van der Waals surface area contributed by atoms with Crippen LogP contribution in [0.3, 0.4) is 0 Å². The van der Waals surface area contributed by atoms with Gasteiger partial charge in [0, 0.05) is 24.7 Å². The van der Waals surface area contributed by atoms with Crippen molar-refractivity contribution in [1.29, 1.82) is 0 Å². The average molecular weight is 417 g/mol. The number of aryl methyl sites for hydroxylation is 1. The fourth-order valence-corrected chi connectivity index (χ4v) is 4.66. The monoisotopic (exact) mass is 417 g/mol. The molecule has 8 nitrogen and oxygen atoms in total. The Morgan fingerprint density at radius 3 is 2.62 bits per heavy atom. The molecule has 29 heavy (non-hydrogen) atoms. The minimum atomic E-state index is -3.66. The summed E-state index contributed by atoms with van der Waals surface area (Å²) in [6.07, 6.45) is 2.40. The van der Waals surface area contributed by atoms with E-state index in [4.69, 9.17) is 0 Å². The Kier molecular flexibility index (Phi) is 6.19. The Morgan fingerprint density at radius 2 is 1.93 bits per heavy atom. The van der Waals surface area contributed by atoms with Crippen LogP contribution in [-0.2, 0) is 14.8 Å². The lowest BCUT2D eigenvalue weighted by Gasteiger charge is -2.30. The van der Waals surface area contributed by atoms with E-state index >= 15 is 0 Å². The number of phenolic OH excluding ortho intramolecular Hbond substituents is 2. The van der Waals surface area contributed by atoms with E-state index in [0.29, 0.717) is 24.9 Å². The number of piperidine rings is 1. The molecule has 1 saturated heterocycles. The summed E-state index contributed by atoms with van der Waals surface area (Å²) in [7, 11) is -3.66. The summed E-state index contributed by atoms with van der Waals surface area (Å²) in [5, 5.41) is 22.8. The molecule has 2 aromatic carbocycles. The molecule has 154 valence electrons. The second kappa shape index (κ2) is 8.62. The van der Waals surface area contributed by atoms with Gasteiger partial charge in [0.2, 0.25) is 15.9 Å². The highest BCUT2D eigenvalue weighted by Crippen LogP contribution is 2.24. The van der Waals surface area contributed by atoms with Crippen LogP contribution in [0.25, 0.3) is 0 Å². The van der Waals surface area contributed by atoms with Gasteiger partial charge in [-0.05, 0) is 44.0 Å². The molecule has 1 fully saturated rings. The van der Waals surface area contributed by atoms with Gasteiger partial charge in [-0.25, -0.2) is 13.8 Å². The second-order valence-corrected chi connectivity index (χ2v) is 8.93. The quantitative estimate of drug-likeness (QED) is 0.507. The lowest BCUT2D eigenvalue weighted by Crippen LogP contribution is -2.44. The SMILES string of the molecule is Cc1ccc(S(=O)(=O)N2CCC[C@@H](C(=O)N/N=C/c3ccc(O)cc3O)C2)cc1. The maximum atomic E-state index is 12.8. The van der Waals surface area contributed by atoms with Crippen molar-refractivity contribution >= 4 is 22.1 Å². The molecule has 2 aromatic rings. The summed E-state index contributed by atoms with van der Waals surface area (Å²) in [5.41, 5.74) is 3.70. The first-order chi connectivity index (χ1) is 13.8. The molecule has 0 aromatic heterocycles. The fraction of sp³-hybridized carbons (Fsp3) is 0.300. The summed E-state index contributed by atoms with van der Waals surface area (Å²) in [6, 6.07) is 10.6. The van der Waals surface area contributed by atoms with Gasteiger partial charge in [0.25, 0.3) is 0 Å². The van der Waals surface area contributed by atoms with Crippen molar-refractivity contribution in [2.75, 3.05) is 13.1 Å². The van der Waals surface area contributed by atoms with Gasteiger partial charge in [-0.1, -0.05) is 17.7 Å². The third-order valence-corrected chi connectivity index (χ3v) is 6.69. The zero-order chi connectivity index (χ0) is 21.0. The molecule has 0 aliphatic carbocycles. The standard InChI is InChI=1S/C20H23N3O5S/c1-14-4-8-18(9-5-14)29(27,28)23-10-2-3-16(13-23)20(26)22-21-12-15-6-7-17(24)11-19(15)25/h4-9,11-12,16,24-25H,2-3,10,13H2,1H3,(H,22,26)/b21-12+/t16-/m1/s1. The van der Waals surface area contributed by atoms with Crippen LogP contribution in [0.5, 0.6) is 11.5 Å². The zero-order valence-corrected chi connectivity index (χ0v) is 16.8. The number of carbonyl (C=O) groups is 1. The smallest absolute Gasteiger partial charge is 0.244 e. The molecule has 1 heterocycles. The topological polar surface area (TPSA) is 119 Å². The van der Waals surface area contributed by atoms with Crippen LogP contribution in [0, 0.1) is 12.8 Å². The Labute approximate surface area is 169 Å². The number of amides is 1. The molecule has 0 unspecified atom stereocenters. The Morgan fingerprint density at radius 1 is 1.21 bits per heavy atom. The first kappa shape index (κ1) is 20.8. The van der Waals surface area contributed by atoms with Crippen molar-refractivity contribution in [2.24, 2.45) is 11.0 Å². The molecular formula is C20H23N3O5S. The predicted molar refractivity (Wildman–Crippen MR) is 108 cm³/mol. The van der Waals surface area contributed by atoms with E-state index in [0.717, 1.165) is 11.6 Å². The van der Waals surface area contributed by atoms with E-state index < -0.39 is 15.9 Å². The zero-order valence-electron chi connectivity index (χ0n) is 15.9. The van der Waals surface area contributed by atoms with Crippen molar-refractivity contribution in [3.8, 4) is 11.5 Å². The number of aromatic hydroxyl groups is 2. The Balaban J connectivity index is 1.64. The summed E-state index contributed by atoms with van der Waals surface area (Å²) in [6.45, 7) is 2.34. The molecule has 0 bridgehead atoms. The number of nitrogens with one attached hydrogen (secondary N) is 1. The molecule has 1 atom stereocenters. The van der Waals surface area contributed by atoms with Crippen LogP contribution in [0.4, 0.5) is 0 Å². The largest absolute Gasteiger partial charge is 0.508 e. The van der Waals surface area contributed by atoms with E-state index in [9.17, 15) is 23.4 Å². The van der Waals surface area contributed by atoms with Gasteiger partial charge in [0.05, 0.1) is 17.0 Å². The van der Waals surface area contributed by atoms with Gasteiger partial charge < -0.3 is 10.2 Å². The predicted octanol–water partition coefficient (Wildman–Crippen LogP) is 1.96. The average Bonchev–Trinajstić information content (AvgIpc) is 2.70. The molecule has 0 spiro atoms. The van der Waals surface area contributed by atoms with E-state index in [1.54, 1.807) is 24.3 Å². The lowest BCUT2D eigenvalue weighted by atomic mass is 9.99. The van der Waals surface area contributed by atoms with Crippen LogP contribution in [0.1, 0.15) is 24.0 Å². The molecular weight excluding hydrogens is 394 g/mol. The number of rotatable bonds is 5. The number of hydrazone groups is 1. The van der Waals surface area contributed by atoms with Crippen molar-refractivity contribution in [3.05, 3.63) is 53.6 Å². The highest BCUT2D eigenvalue weighted by Gasteiger charge is 2.33. The summed E-state index contributed by atoms with van der Waals surface area (Å²) in [5.74, 6) is -1.16. The van der Waals surface area contributed by atoms with Gasteiger partial charge in [-0.15, -0.1) is 0 Å². The normalized spacial score (nSPS) is 18.0. The number of benzene rings is 2. The molecule has 1 aliphatic rings. The van der Waals surface area contributed by atoms with Crippen LogP contribution in [0.15, 0.2) is 52.5 Å². The summed E-state index contributed by atoms with van der Waals surface area (Å²) >= 11 is 0. The van der Waals surface area contributed by atoms with Gasteiger partial charge >= 0.3 is 0 Å². The third kappa shape index (κ3) is 4.93. The molecule has 3 N–H and O–H groups in total. The van der Waals surface area contributed by atoms with Crippen LogP contribution >= 0.6 is 0 Å². The second-order valence-electron chi connectivity index (χ2n) is 6.99. The molecule has 1 amide bonds. The maximum Gasteiger partial charge on any atom is 0.244 e. The highest BCUT2D eigenvalue weighted by atomic mass is 32.2. The van der Waals surface area contributed by atoms with Crippen molar-refractivity contribution < 1.29 is 23.4 Å². The molecule has 1 aliphatic heterocycles. The van der Waals surface area contributed by atoms with Crippen LogP contribution < -0.4 is 5.43 Å². The number of phenols is 2. The van der Waals surface area contributed by atoms with E-state index in [1.807, 2.05) is 6.92 Å². The first-order valence-electron chi connectivity index (χ1n) is 9.19. The van der Waals surface area contributed by atoms with E-state index in [2.05, 4.69) is 10.5 Å². The third-order valence-electron chi connectivity index (χ3n) is 4.81. The molecule has 9 heteroatoms. The molecule has 0 saturated carbocycles. The first-order valence-corrected chi connectivity index (χ1v) is 10.6. The number of nitrogens with zero attached hydrogens (tertiary/aromatic N) is 2. The van der Waals surface area contributed by atoms with Gasteiger partial charge in [-0.3, -0.25) is 4.79 Å². The molecule has 0 radical (unpaired) electrons. The van der Waals surface area contributed by atoms with Crippen LogP contribution in [0.2, 0.25) is 0 Å². The van der Waals surface area contributed by atoms with Crippen molar-refractivity contribution in [2.45, 2.75) is 24.7 Å². The highest BCUT2D eigenvalue weighted by molar-refractivity contribution is 7.89. The van der Waals surface area contributed by atoms with Crippen molar-refractivity contribution in [3.63, 3.8) is 0 Å². The van der Waals surface area contributed by atoms with E-state index in [1.165, 1.54) is 22.7 Å². The summed E-state index contributed by atoms with van der Waals surface area (Å²) < 4.78 is 27.0. The number of hydrogen-bond donors (Lipinski definition) is 3. The van der Waals surface area contributed by atoms with Crippen LogP contribution in [-0.4, -0.2) is 48.1 Å². The van der Waals surface area contributed by atoms with Gasteiger partial charge in [0.1, 0.15) is 11.5 Å². The van der Waals surface area contributed by atoms with E-state index in [-0.39, 0.29) is 28.8 Å². The number of sulfonamides is 1. The molecule has 3 rings (SSSR count). The lowest BCUT2D eigenvalue weighted by molar-refractivity contribution is -0.126. The maximum absolute atomic E-state index is 12.8.